The molecular weight excluding hydrogens is 330 g/mol. The quantitative estimate of drug-likeness (QED) is 0.765. The first-order valence-electron chi connectivity index (χ1n) is 8.38. The van der Waals surface area contributed by atoms with Gasteiger partial charge in [0.2, 0.25) is 0 Å². The van der Waals surface area contributed by atoms with Crippen molar-refractivity contribution in [2.24, 2.45) is 7.05 Å². The topological polar surface area (TPSA) is 74.0 Å². The Hall–Kier alpha value is -3.09. The summed E-state index contributed by atoms with van der Waals surface area (Å²) in [6.07, 6.45) is 0. The van der Waals surface area contributed by atoms with Crippen LogP contribution in [0.3, 0.4) is 0 Å². The van der Waals surface area contributed by atoms with Gasteiger partial charge >= 0.3 is 0 Å². The van der Waals surface area contributed by atoms with Crippen LogP contribution in [0.2, 0.25) is 0 Å². The average Bonchev–Trinajstić information content (AvgIpc) is 3.08. The van der Waals surface area contributed by atoms with Crippen LogP contribution in [-0.2, 0) is 13.6 Å². The van der Waals surface area contributed by atoms with Gasteiger partial charge in [-0.05, 0) is 44.5 Å². The van der Waals surface area contributed by atoms with Crippen molar-refractivity contribution in [3.8, 4) is 5.75 Å². The Morgan fingerprint density at radius 2 is 1.96 bits per heavy atom. The SMILES string of the molecule is COc1cccc(Cn2nc(C)c(NC(=O)c3cc(C)nn3C)c2C)c1. The highest BCUT2D eigenvalue weighted by atomic mass is 16.5. The van der Waals surface area contributed by atoms with Crippen LogP contribution in [0.5, 0.6) is 5.75 Å². The van der Waals surface area contributed by atoms with Crippen molar-refractivity contribution in [2.45, 2.75) is 27.3 Å². The number of nitrogens with zero attached hydrogens (tertiary/aromatic N) is 4. The number of rotatable bonds is 5. The standard InChI is InChI=1S/C19H23N5O2/c1-12-9-17(23(4)21-12)19(25)20-18-13(2)22-24(14(18)3)11-15-7-6-8-16(10-15)26-5/h6-10H,11H2,1-5H3,(H,20,25). The summed E-state index contributed by atoms with van der Waals surface area (Å²) in [6.45, 7) is 6.30. The number of nitrogens with one attached hydrogen (secondary N) is 1. The molecule has 0 saturated heterocycles. The van der Waals surface area contributed by atoms with Crippen LogP contribution < -0.4 is 10.1 Å². The molecule has 0 radical (unpaired) electrons. The Balaban J connectivity index is 1.83. The zero-order valence-electron chi connectivity index (χ0n) is 15.7. The molecule has 3 rings (SSSR count). The van der Waals surface area contributed by atoms with E-state index in [-0.39, 0.29) is 5.91 Å². The summed E-state index contributed by atoms with van der Waals surface area (Å²) in [5.74, 6) is 0.615. The highest BCUT2D eigenvalue weighted by Gasteiger charge is 2.18. The number of carbonyl (C=O) groups is 1. The lowest BCUT2D eigenvalue weighted by molar-refractivity contribution is 0.101. The van der Waals surface area contributed by atoms with Crippen LogP contribution in [0, 0.1) is 20.8 Å². The van der Waals surface area contributed by atoms with E-state index in [1.807, 2.05) is 49.7 Å². The highest BCUT2D eigenvalue weighted by Crippen LogP contribution is 2.22. The van der Waals surface area contributed by atoms with Gasteiger partial charge in [0.15, 0.2) is 0 Å². The van der Waals surface area contributed by atoms with Gasteiger partial charge in [0.05, 0.1) is 36.4 Å². The van der Waals surface area contributed by atoms with Crippen LogP contribution >= 0.6 is 0 Å². The molecule has 2 heterocycles. The smallest absolute Gasteiger partial charge is 0.274 e. The lowest BCUT2D eigenvalue weighted by Gasteiger charge is -2.08. The summed E-state index contributed by atoms with van der Waals surface area (Å²) in [6, 6.07) is 9.63. The van der Waals surface area contributed by atoms with Crippen molar-refractivity contribution in [1.29, 1.82) is 0 Å². The van der Waals surface area contributed by atoms with Crippen molar-refractivity contribution in [1.82, 2.24) is 19.6 Å². The molecular formula is C19H23N5O2. The van der Waals surface area contributed by atoms with E-state index in [9.17, 15) is 4.79 Å². The average molecular weight is 353 g/mol. The van der Waals surface area contributed by atoms with E-state index in [4.69, 9.17) is 4.74 Å². The largest absolute Gasteiger partial charge is 0.497 e. The third-order valence-corrected chi connectivity index (χ3v) is 4.32. The molecule has 0 spiro atoms. The minimum atomic E-state index is -0.194. The van der Waals surface area contributed by atoms with Gasteiger partial charge in [0.25, 0.3) is 5.91 Å². The van der Waals surface area contributed by atoms with Crippen LogP contribution in [0.15, 0.2) is 30.3 Å². The number of aryl methyl sites for hydroxylation is 3. The second-order valence-corrected chi connectivity index (χ2v) is 6.30. The molecule has 0 aliphatic heterocycles. The van der Waals surface area contributed by atoms with Gasteiger partial charge in [-0.15, -0.1) is 0 Å². The number of ether oxygens (including phenoxy) is 1. The lowest BCUT2D eigenvalue weighted by Crippen LogP contribution is -2.17. The predicted molar refractivity (Wildman–Crippen MR) is 99.7 cm³/mol. The van der Waals surface area contributed by atoms with E-state index >= 15 is 0 Å². The number of hydrogen-bond acceptors (Lipinski definition) is 4. The lowest BCUT2D eigenvalue weighted by atomic mass is 10.2. The summed E-state index contributed by atoms with van der Waals surface area (Å²) in [5, 5.41) is 11.8. The fraction of sp³-hybridized carbons (Fsp3) is 0.316. The number of amides is 1. The van der Waals surface area contributed by atoms with Crippen molar-refractivity contribution in [3.63, 3.8) is 0 Å². The van der Waals surface area contributed by atoms with E-state index in [1.54, 1.807) is 24.9 Å². The summed E-state index contributed by atoms with van der Waals surface area (Å²) >= 11 is 0. The molecule has 0 saturated carbocycles. The normalized spacial score (nSPS) is 10.8. The maximum absolute atomic E-state index is 12.6. The van der Waals surface area contributed by atoms with E-state index in [2.05, 4.69) is 15.5 Å². The first-order valence-corrected chi connectivity index (χ1v) is 8.38. The first-order chi connectivity index (χ1) is 12.4. The summed E-state index contributed by atoms with van der Waals surface area (Å²) in [5.41, 5.74) is 4.81. The number of methoxy groups -OCH3 is 1. The molecule has 0 bridgehead atoms. The molecule has 1 aromatic carbocycles. The monoisotopic (exact) mass is 353 g/mol. The third-order valence-electron chi connectivity index (χ3n) is 4.32. The van der Waals surface area contributed by atoms with Crippen LogP contribution in [-0.4, -0.2) is 32.6 Å². The molecule has 0 aliphatic rings. The molecule has 0 unspecified atom stereocenters. The number of hydrogen-bond donors (Lipinski definition) is 1. The fourth-order valence-corrected chi connectivity index (χ4v) is 2.98. The van der Waals surface area contributed by atoms with Gasteiger partial charge in [0.1, 0.15) is 11.4 Å². The zero-order valence-corrected chi connectivity index (χ0v) is 15.7. The van der Waals surface area contributed by atoms with Gasteiger partial charge < -0.3 is 10.1 Å². The van der Waals surface area contributed by atoms with Crippen LogP contribution in [0.25, 0.3) is 0 Å². The Bertz CT molecular complexity index is 955. The van der Waals surface area contributed by atoms with E-state index in [1.165, 1.54) is 0 Å². The van der Waals surface area contributed by atoms with Crippen LogP contribution in [0.1, 0.15) is 33.1 Å². The second kappa shape index (κ2) is 7.03. The fourth-order valence-electron chi connectivity index (χ4n) is 2.98. The molecule has 2 aromatic heterocycles. The Morgan fingerprint density at radius 1 is 1.19 bits per heavy atom. The Labute approximate surface area is 152 Å². The summed E-state index contributed by atoms with van der Waals surface area (Å²) in [7, 11) is 3.41. The molecule has 26 heavy (non-hydrogen) atoms. The summed E-state index contributed by atoms with van der Waals surface area (Å²) < 4.78 is 8.73. The van der Waals surface area contributed by atoms with E-state index in [0.717, 1.165) is 34.1 Å². The number of aromatic nitrogens is 4. The molecule has 0 atom stereocenters. The number of carbonyl (C=O) groups excluding carboxylic acids is 1. The second-order valence-electron chi connectivity index (χ2n) is 6.30. The van der Waals surface area contributed by atoms with Gasteiger partial charge in [-0.2, -0.15) is 10.2 Å². The molecule has 0 aliphatic carbocycles. The Morgan fingerprint density at radius 3 is 2.62 bits per heavy atom. The van der Waals surface area contributed by atoms with Gasteiger partial charge in [-0.25, -0.2) is 0 Å². The maximum Gasteiger partial charge on any atom is 0.274 e. The highest BCUT2D eigenvalue weighted by molar-refractivity contribution is 6.03. The molecule has 7 nitrogen and oxygen atoms in total. The maximum atomic E-state index is 12.6. The van der Waals surface area contributed by atoms with Gasteiger partial charge in [-0.1, -0.05) is 12.1 Å². The van der Waals surface area contributed by atoms with Crippen molar-refractivity contribution < 1.29 is 9.53 Å². The van der Waals surface area contributed by atoms with Gasteiger partial charge in [0, 0.05) is 7.05 Å². The minimum Gasteiger partial charge on any atom is -0.497 e. The van der Waals surface area contributed by atoms with E-state index in [0.29, 0.717) is 12.2 Å². The number of anilines is 1. The van der Waals surface area contributed by atoms with Crippen molar-refractivity contribution in [3.05, 3.63) is 58.7 Å². The minimum absolute atomic E-state index is 0.194. The molecule has 136 valence electrons. The Kier molecular flexibility index (Phi) is 4.79. The number of benzene rings is 1. The third kappa shape index (κ3) is 3.46. The predicted octanol–water partition coefficient (Wildman–Crippen LogP) is 2.85. The van der Waals surface area contributed by atoms with Crippen LogP contribution in [0.4, 0.5) is 5.69 Å². The zero-order chi connectivity index (χ0) is 18.8. The van der Waals surface area contributed by atoms with Crippen molar-refractivity contribution >= 4 is 11.6 Å². The van der Waals surface area contributed by atoms with Crippen molar-refractivity contribution in [2.75, 3.05) is 12.4 Å². The molecule has 1 N–H and O–H groups in total. The first kappa shape index (κ1) is 17.7. The molecule has 3 aromatic rings. The molecule has 0 fully saturated rings. The van der Waals surface area contributed by atoms with Gasteiger partial charge in [-0.3, -0.25) is 14.2 Å². The molecule has 1 amide bonds. The molecule has 7 heteroatoms. The van der Waals surface area contributed by atoms with E-state index < -0.39 is 0 Å². The summed E-state index contributed by atoms with van der Waals surface area (Å²) in [4.78, 5) is 12.6.